The molecule has 2 aromatic carbocycles. The molecule has 0 saturated heterocycles. The summed E-state index contributed by atoms with van der Waals surface area (Å²) < 4.78 is 0. The second-order valence-corrected chi connectivity index (χ2v) is 3.80. The molecule has 0 radical (unpaired) electrons. The van der Waals surface area contributed by atoms with E-state index in [-0.39, 0.29) is 11.1 Å². The van der Waals surface area contributed by atoms with E-state index in [1.165, 1.54) is 6.07 Å². The number of hydrogen-bond acceptors (Lipinski definition) is 4. The average molecular weight is 257 g/mol. The molecule has 96 valence electrons. The van der Waals surface area contributed by atoms with E-state index >= 15 is 0 Å². The van der Waals surface area contributed by atoms with Crippen molar-refractivity contribution >= 4 is 11.9 Å². The summed E-state index contributed by atoms with van der Waals surface area (Å²) in [7, 11) is 0. The third kappa shape index (κ3) is 2.46. The van der Waals surface area contributed by atoms with Crippen molar-refractivity contribution in [3.05, 3.63) is 59.7 Å². The number of carbonyl (C=O) groups excluding carboxylic acids is 1. The molecule has 0 aliphatic carbocycles. The van der Waals surface area contributed by atoms with Crippen LogP contribution in [0.5, 0.6) is 0 Å². The zero-order chi connectivity index (χ0) is 13.8. The van der Waals surface area contributed by atoms with Crippen molar-refractivity contribution in [2.24, 2.45) is 5.90 Å². The summed E-state index contributed by atoms with van der Waals surface area (Å²) in [6.07, 6.45) is 0. The maximum absolute atomic E-state index is 11.5. The zero-order valence-electron chi connectivity index (χ0n) is 9.87. The Labute approximate surface area is 109 Å². The lowest BCUT2D eigenvalue weighted by Crippen LogP contribution is -2.15. The molecular formula is C14H11NO4. The number of carboxylic acid groups (broad SMARTS) is 1. The quantitative estimate of drug-likeness (QED) is 0.821. The molecule has 0 aliphatic heterocycles. The minimum Gasteiger partial charge on any atom is -0.478 e. The third-order valence-electron chi connectivity index (χ3n) is 2.69. The normalized spacial score (nSPS) is 9.95. The molecule has 19 heavy (non-hydrogen) atoms. The van der Waals surface area contributed by atoms with Gasteiger partial charge in [0.05, 0.1) is 11.1 Å². The van der Waals surface area contributed by atoms with Crippen LogP contribution in [-0.4, -0.2) is 17.0 Å². The SMILES string of the molecule is NOC(=O)c1cccc(-c2ccccc2)c1C(=O)O. The maximum atomic E-state index is 11.5. The molecule has 0 aromatic heterocycles. The van der Waals surface area contributed by atoms with Crippen LogP contribution in [0.1, 0.15) is 20.7 Å². The van der Waals surface area contributed by atoms with Gasteiger partial charge in [-0.2, -0.15) is 5.90 Å². The number of carboxylic acids is 1. The molecular weight excluding hydrogens is 246 g/mol. The Kier molecular flexibility index (Phi) is 3.58. The second kappa shape index (κ2) is 5.32. The minimum absolute atomic E-state index is 0.0728. The predicted molar refractivity (Wildman–Crippen MR) is 68.4 cm³/mol. The zero-order valence-corrected chi connectivity index (χ0v) is 9.87. The van der Waals surface area contributed by atoms with Gasteiger partial charge in [-0.05, 0) is 17.2 Å². The van der Waals surface area contributed by atoms with Gasteiger partial charge in [0, 0.05) is 0 Å². The second-order valence-electron chi connectivity index (χ2n) is 3.80. The first-order valence-electron chi connectivity index (χ1n) is 5.48. The molecule has 0 heterocycles. The van der Waals surface area contributed by atoms with E-state index in [2.05, 4.69) is 4.84 Å². The van der Waals surface area contributed by atoms with Crippen LogP contribution in [0.15, 0.2) is 48.5 Å². The monoisotopic (exact) mass is 257 g/mol. The summed E-state index contributed by atoms with van der Waals surface area (Å²) in [5.74, 6) is 2.73. The molecule has 3 N–H and O–H groups in total. The predicted octanol–water partition coefficient (Wildman–Crippen LogP) is 2.08. The van der Waals surface area contributed by atoms with E-state index in [1.54, 1.807) is 36.4 Å². The van der Waals surface area contributed by atoms with Crippen molar-refractivity contribution in [2.75, 3.05) is 0 Å². The van der Waals surface area contributed by atoms with Gasteiger partial charge in [-0.3, -0.25) is 0 Å². The highest BCUT2D eigenvalue weighted by atomic mass is 16.7. The highest BCUT2D eigenvalue weighted by Gasteiger charge is 2.21. The summed E-state index contributed by atoms with van der Waals surface area (Å²) in [4.78, 5) is 27.0. The van der Waals surface area contributed by atoms with Crippen LogP contribution < -0.4 is 5.90 Å². The van der Waals surface area contributed by atoms with Crippen LogP contribution in [0.3, 0.4) is 0 Å². The minimum atomic E-state index is -1.21. The van der Waals surface area contributed by atoms with Crippen molar-refractivity contribution in [1.82, 2.24) is 0 Å². The molecule has 0 aliphatic rings. The fourth-order valence-electron chi connectivity index (χ4n) is 1.87. The summed E-state index contributed by atoms with van der Waals surface area (Å²) in [5, 5.41) is 9.30. The van der Waals surface area contributed by atoms with Crippen LogP contribution in [-0.2, 0) is 4.84 Å². The lowest BCUT2D eigenvalue weighted by molar-refractivity contribution is 0.0493. The summed E-state index contributed by atoms with van der Waals surface area (Å²) in [5.41, 5.74) is 0.947. The Hall–Kier alpha value is -2.66. The van der Waals surface area contributed by atoms with Crippen LogP contribution in [0.4, 0.5) is 0 Å². The van der Waals surface area contributed by atoms with Crippen molar-refractivity contribution in [2.45, 2.75) is 0 Å². The van der Waals surface area contributed by atoms with Crippen molar-refractivity contribution < 1.29 is 19.5 Å². The van der Waals surface area contributed by atoms with Gasteiger partial charge in [0.2, 0.25) is 0 Å². The number of rotatable bonds is 3. The van der Waals surface area contributed by atoms with Crippen LogP contribution in [0, 0.1) is 0 Å². The third-order valence-corrected chi connectivity index (χ3v) is 2.69. The van der Waals surface area contributed by atoms with Gasteiger partial charge < -0.3 is 9.94 Å². The highest BCUT2D eigenvalue weighted by Crippen LogP contribution is 2.26. The number of aromatic carboxylic acids is 1. The summed E-state index contributed by atoms with van der Waals surface area (Å²) >= 11 is 0. The van der Waals surface area contributed by atoms with Crippen molar-refractivity contribution in [1.29, 1.82) is 0 Å². The van der Waals surface area contributed by atoms with Crippen molar-refractivity contribution in [3.8, 4) is 11.1 Å². The van der Waals surface area contributed by atoms with E-state index in [0.717, 1.165) is 0 Å². The molecule has 0 amide bonds. The Morgan fingerprint density at radius 3 is 2.26 bits per heavy atom. The average Bonchev–Trinajstić information content (AvgIpc) is 2.46. The molecule has 0 saturated carbocycles. The number of hydrogen-bond donors (Lipinski definition) is 2. The van der Waals surface area contributed by atoms with E-state index in [9.17, 15) is 14.7 Å². The molecule has 0 unspecified atom stereocenters. The molecule has 0 fully saturated rings. The van der Waals surface area contributed by atoms with E-state index in [4.69, 9.17) is 5.90 Å². The van der Waals surface area contributed by atoms with Gasteiger partial charge in [-0.25, -0.2) is 9.59 Å². The Balaban J connectivity index is 2.69. The van der Waals surface area contributed by atoms with E-state index in [1.807, 2.05) is 6.07 Å². The fraction of sp³-hybridized carbons (Fsp3) is 0. The molecule has 5 nitrogen and oxygen atoms in total. The largest absolute Gasteiger partial charge is 0.478 e. The Morgan fingerprint density at radius 1 is 1.00 bits per heavy atom. The van der Waals surface area contributed by atoms with Gasteiger partial charge in [0.1, 0.15) is 0 Å². The fourth-order valence-corrected chi connectivity index (χ4v) is 1.87. The van der Waals surface area contributed by atoms with E-state index < -0.39 is 11.9 Å². The molecule has 0 atom stereocenters. The Morgan fingerprint density at radius 2 is 1.68 bits per heavy atom. The summed E-state index contributed by atoms with van der Waals surface area (Å²) in [6.45, 7) is 0. The molecule has 2 aromatic rings. The number of carbonyl (C=O) groups is 2. The van der Waals surface area contributed by atoms with Crippen LogP contribution in [0.2, 0.25) is 0 Å². The standard InChI is InChI=1S/C14H11NO4/c15-19-14(18)11-8-4-7-10(12(11)13(16)17)9-5-2-1-3-6-9/h1-8H,15H2,(H,16,17). The van der Waals surface area contributed by atoms with Crippen LogP contribution >= 0.6 is 0 Å². The van der Waals surface area contributed by atoms with Gasteiger partial charge in [-0.1, -0.05) is 42.5 Å². The first kappa shape index (κ1) is 12.8. The highest BCUT2D eigenvalue weighted by molar-refractivity contribution is 6.07. The topological polar surface area (TPSA) is 89.6 Å². The molecule has 2 rings (SSSR count). The van der Waals surface area contributed by atoms with E-state index in [0.29, 0.717) is 11.1 Å². The lowest BCUT2D eigenvalue weighted by Gasteiger charge is -2.10. The van der Waals surface area contributed by atoms with Gasteiger partial charge >= 0.3 is 11.9 Å². The molecule has 0 bridgehead atoms. The van der Waals surface area contributed by atoms with Gasteiger partial charge in [0.25, 0.3) is 0 Å². The smallest absolute Gasteiger partial charge is 0.357 e. The molecule has 0 spiro atoms. The Bertz CT molecular complexity index is 623. The van der Waals surface area contributed by atoms with Crippen LogP contribution in [0.25, 0.3) is 11.1 Å². The summed E-state index contributed by atoms with van der Waals surface area (Å²) in [6, 6.07) is 13.5. The van der Waals surface area contributed by atoms with Crippen molar-refractivity contribution in [3.63, 3.8) is 0 Å². The number of nitrogens with two attached hydrogens (primary N) is 1. The lowest BCUT2D eigenvalue weighted by atomic mass is 9.95. The maximum Gasteiger partial charge on any atom is 0.357 e. The number of benzene rings is 2. The van der Waals surface area contributed by atoms with Gasteiger partial charge in [0.15, 0.2) is 0 Å². The molecule has 5 heteroatoms. The first-order valence-corrected chi connectivity index (χ1v) is 5.48. The first-order chi connectivity index (χ1) is 9.15. The van der Waals surface area contributed by atoms with Gasteiger partial charge in [-0.15, -0.1) is 0 Å².